The Morgan fingerprint density at radius 1 is 1.27 bits per heavy atom. The van der Waals surface area contributed by atoms with Crippen molar-refractivity contribution < 1.29 is 27.5 Å². The lowest BCUT2D eigenvalue weighted by molar-refractivity contribution is -0.151. The molecule has 1 atom stereocenters. The molecule has 0 aliphatic heterocycles. The molecule has 2 aliphatic rings. The quantitative estimate of drug-likeness (QED) is 0.508. The molecule has 1 amide bonds. The summed E-state index contributed by atoms with van der Waals surface area (Å²) >= 11 is 0. The van der Waals surface area contributed by atoms with E-state index in [4.69, 9.17) is 0 Å². The van der Waals surface area contributed by atoms with Gasteiger partial charge in [0.05, 0.1) is 0 Å². The maximum absolute atomic E-state index is 13.8. The molecule has 1 heterocycles. The second-order valence-electron chi connectivity index (χ2n) is 9.25. The Bertz CT molecular complexity index is 997. The minimum Gasteiger partial charge on any atom is -0.396 e. The number of nitrogens with one attached hydrogen (secondary N) is 1. The maximum atomic E-state index is 13.8. The van der Waals surface area contributed by atoms with Gasteiger partial charge < -0.3 is 15.0 Å². The number of benzene rings is 1. The number of hydrogen-bond donors (Lipinski definition) is 2. The molecule has 2 aromatic rings. The van der Waals surface area contributed by atoms with E-state index in [0.29, 0.717) is 42.2 Å². The van der Waals surface area contributed by atoms with E-state index in [1.165, 1.54) is 12.1 Å². The summed E-state index contributed by atoms with van der Waals surface area (Å²) in [7, 11) is 0. The van der Waals surface area contributed by atoms with Crippen molar-refractivity contribution in [2.24, 2.45) is 5.92 Å². The van der Waals surface area contributed by atoms with Crippen LogP contribution in [0.3, 0.4) is 0 Å². The van der Waals surface area contributed by atoms with Gasteiger partial charge in [0.15, 0.2) is 0 Å². The predicted molar refractivity (Wildman–Crippen MR) is 113 cm³/mol. The van der Waals surface area contributed by atoms with Gasteiger partial charge in [-0.05, 0) is 57.1 Å². The number of aliphatic hydroxyl groups excluding tert-OH is 1. The van der Waals surface area contributed by atoms with Gasteiger partial charge in [-0.15, -0.1) is 10.2 Å². The van der Waals surface area contributed by atoms with E-state index in [2.05, 4.69) is 15.5 Å². The molecule has 2 N–H and O–H groups in total. The van der Waals surface area contributed by atoms with Crippen LogP contribution in [0.15, 0.2) is 18.2 Å². The first kappa shape index (κ1) is 23.7. The molecule has 180 valence electrons. The lowest BCUT2D eigenvalue weighted by atomic mass is 9.72. The number of carbonyl (C=O) groups excluding carboxylic acids is 1. The van der Waals surface area contributed by atoms with Crippen molar-refractivity contribution in [2.45, 2.75) is 75.9 Å². The van der Waals surface area contributed by atoms with Crippen LogP contribution in [0.1, 0.15) is 80.0 Å². The van der Waals surface area contributed by atoms with E-state index >= 15 is 0 Å². The first-order valence-electron chi connectivity index (χ1n) is 11.3. The van der Waals surface area contributed by atoms with E-state index in [1.807, 2.05) is 4.57 Å². The average molecular weight is 468 g/mol. The fraction of sp³-hybridized carbons (Fsp3) is 0.609. The molecule has 0 unspecified atom stereocenters. The number of anilines is 1. The maximum Gasteiger partial charge on any atom is 0.389 e. The number of aliphatic hydroxyl groups is 1. The number of alkyl halides is 3. The zero-order chi connectivity index (χ0) is 23.8. The second-order valence-corrected chi connectivity index (χ2v) is 9.25. The van der Waals surface area contributed by atoms with E-state index in [-0.39, 0.29) is 30.9 Å². The Morgan fingerprint density at radius 2 is 2.00 bits per heavy atom. The van der Waals surface area contributed by atoms with Crippen LogP contribution in [0.2, 0.25) is 0 Å². The van der Waals surface area contributed by atoms with Crippen molar-refractivity contribution in [2.75, 3.05) is 11.9 Å². The second kappa shape index (κ2) is 9.40. The van der Waals surface area contributed by atoms with Crippen molar-refractivity contribution in [1.29, 1.82) is 0 Å². The Labute approximate surface area is 189 Å². The lowest BCUT2D eigenvalue weighted by Crippen LogP contribution is -2.29. The summed E-state index contributed by atoms with van der Waals surface area (Å²) in [5, 5.41) is 21.0. The van der Waals surface area contributed by atoms with Crippen molar-refractivity contribution in [3.05, 3.63) is 41.2 Å². The van der Waals surface area contributed by atoms with Gasteiger partial charge in [0.1, 0.15) is 17.5 Å². The SMILES string of the molecule is Cc1c(F)cccc1NC(=O)C[C@H](CCO)c1nnc([C@H]2C[C@@H](CC(F)(F)F)C2)n1C1CC1. The van der Waals surface area contributed by atoms with Crippen LogP contribution in [0.5, 0.6) is 0 Å². The van der Waals surface area contributed by atoms with Gasteiger partial charge in [-0.1, -0.05) is 6.07 Å². The van der Waals surface area contributed by atoms with Gasteiger partial charge in [0, 0.05) is 48.6 Å². The molecule has 2 saturated carbocycles. The minimum atomic E-state index is -4.16. The Hall–Kier alpha value is -2.49. The van der Waals surface area contributed by atoms with Crippen molar-refractivity contribution in [3.8, 4) is 0 Å². The normalized spacial score (nSPS) is 21.5. The monoisotopic (exact) mass is 468 g/mol. The fourth-order valence-electron chi connectivity index (χ4n) is 4.67. The highest BCUT2D eigenvalue weighted by Crippen LogP contribution is 2.49. The van der Waals surface area contributed by atoms with Crippen LogP contribution in [0.4, 0.5) is 23.2 Å². The number of rotatable bonds is 9. The first-order chi connectivity index (χ1) is 15.7. The lowest BCUT2D eigenvalue weighted by Gasteiger charge is -2.35. The van der Waals surface area contributed by atoms with Gasteiger partial charge in [0.2, 0.25) is 5.91 Å². The largest absolute Gasteiger partial charge is 0.396 e. The van der Waals surface area contributed by atoms with Gasteiger partial charge >= 0.3 is 6.18 Å². The number of halogens is 4. The molecule has 0 bridgehead atoms. The summed E-state index contributed by atoms with van der Waals surface area (Å²) in [6.45, 7) is 1.43. The fourth-order valence-corrected chi connectivity index (χ4v) is 4.67. The van der Waals surface area contributed by atoms with Gasteiger partial charge in [-0.2, -0.15) is 13.2 Å². The number of aromatic nitrogens is 3. The van der Waals surface area contributed by atoms with Crippen LogP contribution in [0, 0.1) is 18.7 Å². The van der Waals surface area contributed by atoms with E-state index in [1.54, 1.807) is 13.0 Å². The third-order valence-corrected chi connectivity index (χ3v) is 6.60. The minimum absolute atomic E-state index is 0.0305. The van der Waals surface area contributed by atoms with E-state index in [0.717, 1.165) is 12.8 Å². The molecule has 0 spiro atoms. The summed E-state index contributed by atoms with van der Waals surface area (Å²) in [5.41, 5.74) is 0.726. The van der Waals surface area contributed by atoms with Crippen molar-refractivity contribution in [3.63, 3.8) is 0 Å². The molecule has 2 aliphatic carbocycles. The zero-order valence-corrected chi connectivity index (χ0v) is 18.4. The number of nitrogens with zero attached hydrogens (tertiary/aromatic N) is 3. The average Bonchev–Trinajstić information content (AvgIpc) is 3.45. The van der Waals surface area contributed by atoms with Gasteiger partial charge in [0.25, 0.3) is 0 Å². The Balaban J connectivity index is 1.49. The molecule has 2 fully saturated rings. The number of hydrogen-bond acceptors (Lipinski definition) is 4. The molecule has 4 rings (SSSR count). The molecule has 10 heteroatoms. The van der Waals surface area contributed by atoms with Crippen LogP contribution >= 0.6 is 0 Å². The summed E-state index contributed by atoms with van der Waals surface area (Å²) in [4.78, 5) is 12.7. The molecular formula is C23H28F4N4O2. The molecule has 0 radical (unpaired) electrons. The molecule has 1 aromatic carbocycles. The Kier molecular flexibility index (Phi) is 6.74. The van der Waals surface area contributed by atoms with E-state index in [9.17, 15) is 27.5 Å². The smallest absolute Gasteiger partial charge is 0.389 e. The van der Waals surface area contributed by atoms with Gasteiger partial charge in [-0.3, -0.25) is 4.79 Å². The highest BCUT2D eigenvalue weighted by Gasteiger charge is 2.43. The van der Waals surface area contributed by atoms with Gasteiger partial charge in [-0.25, -0.2) is 4.39 Å². The standard InChI is InChI=1S/C23H28F4N4O2/c1-13-18(24)3-2-4-19(13)28-20(33)11-15(7-8-32)21-29-30-22(31(21)17-5-6-17)16-9-14(10-16)12-23(25,26)27/h2-4,14-17,32H,5-12H2,1H3,(H,28,33)/t14-,15-,16+/m0/s1. The highest BCUT2D eigenvalue weighted by atomic mass is 19.4. The van der Waals surface area contributed by atoms with Crippen LogP contribution < -0.4 is 5.32 Å². The van der Waals surface area contributed by atoms with Crippen LogP contribution in [-0.2, 0) is 4.79 Å². The summed E-state index contributed by atoms with van der Waals surface area (Å²) in [6.07, 6.45) is -1.91. The molecule has 0 saturated heterocycles. The van der Waals surface area contributed by atoms with E-state index < -0.39 is 30.3 Å². The molecule has 33 heavy (non-hydrogen) atoms. The van der Waals surface area contributed by atoms with Crippen LogP contribution in [-0.4, -0.2) is 38.6 Å². The van der Waals surface area contributed by atoms with Crippen LogP contribution in [0.25, 0.3) is 0 Å². The summed E-state index contributed by atoms with van der Waals surface area (Å²) < 4.78 is 53.8. The highest BCUT2D eigenvalue weighted by molar-refractivity contribution is 5.91. The third-order valence-electron chi connectivity index (χ3n) is 6.60. The topological polar surface area (TPSA) is 80.0 Å². The van der Waals surface area contributed by atoms with Crippen molar-refractivity contribution >= 4 is 11.6 Å². The zero-order valence-electron chi connectivity index (χ0n) is 18.4. The third kappa shape index (κ3) is 5.54. The number of carbonyl (C=O) groups is 1. The molecule has 1 aromatic heterocycles. The van der Waals surface area contributed by atoms with Crippen molar-refractivity contribution in [1.82, 2.24) is 14.8 Å². The predicted octanol–water partition coefficient (Wildman–Crippen LogP) is 5.00. The molecular weight excluding hydrogens is 440 g/mol. The molecule has 6 nitrogen and oxygen atoms in total. The number of amides is 1. The summed E-state index contributed by atoms with van der Waals surface area (Å²) in [6, 6.07) is 4.64. The first-order valence-corrected chi connectivity index (χ1v) is 11.3. The summed E-state index contributed by atoms with van der Waals surface area (Å²) in [5.74, 6) is -0.335. The Morgan fingerprint density at radius 3 is 2.64 bits per heavy atom.